The summed E-state index contributed by atoms with van der Waals surface area (Å²) in [7, 11) is 0. The highest BCUT2D eigenvalue weighted by molar-refractivity contribution is 5.78. The molecule has 0 aliphatic rings. The van der Waals surface area contributed by atoms with Crippen molar-refractivity contribution in [1.82, 2.24) is 10.2 Å². The van der Waals surface area contributed by atoms with Gasteiger partial charge in [-0.1, -0.05) is 19.8 Å². The average Bonchev–Trinajstić information content (AvgIpc) is 2.32. The maximum atomic E-state index is 11.5. The second-order valence-corrected chi connectivity index (χ2v) is 6.52. The molecule has 20 heavy (non-hydrogen) atoms. The highest BCUT2D eigenvalue weighted by Crippen LogP contribution is 2.14. The van der Waals surface area contributed by atoms with E-state index in [0.29, 0.717) is 12.5 Å². The number of nitrogens with zero attached hydrogens (tertiary/aromatic N) is 1. The number of hydrogen-bond acceptors (Lipinski definition) is 3. The van der Waals surface area contributed by atoms with E-state index in [-0.39, 0.29) is 6.04 Å². The summed E-state index contributed by atoms with van der Waals surface area (Å²) >= 11 is 0. The molecule has 0 rings (SSSR count). The Bertz CT molecular complexity index is 280. The van der Waals surface area contributed by atoms with Crippen molar-refractivity contribution in [2.24, 2.45) is 0 Å². The zero-order chi connectivity index (χ0) is 15.8. The van der Waals surface area contributed by atoms with Crippen LogP contribution in [0.3, 0.4) is 0 Å². The van der Waals surface area contributed by atoms with Crippen molar-refractivity contribution < 1.29 is 9.90 Å². The first-order valence-corrected chi connectivity index (χ1v) is 7.98. The van der Waals surface area contributed by atoms with Crippen LogP contribution in [0.2, 0.25) is 0 Å². The minimum Gasteiger partial charge on any atom is -0.480 e. The van der Waals surface area contributed by atoms with Crippen molar-refractivity contribution in [3.63, 3.8) is 0 Å². The fourth-order valence-corrected chi connectivity index (χ4v) is 2.44. The van der Waals surface area contributed by atoms with E-state index < -0.39 is 11.5 Å². The van der Waals surface area contributed by atoms with Gasteiger partial charge in [0.2, 0.25) is 0 Å². The quantitative estimate of drug-likeness (QED) is 0.573. The summed E-state index contributed by atoms with van der Waals surface area (Å²) in [5.74, 6) is -0.761. The Labute approximate surface area is 124 Å². The largest absolute Gasteiger partial charge is 0.480 e. The van der Waals surface area contributed by atoms with Crippen molar-refractivity contribution in [1.29, 1.82) is 0 Å². The van der Waals surface area contributed by atoms with Crippen molar-refractivity contribution in [3.8, 4) is 0 Å². The van der Waals surface area contributed by atoms with E-state index in [2.05, 4.69) is 31.0 Å². The van der Waals surface area contributed by atoms with Gasteiger partial charge >= 0.3 is 5.97 Å². The topological polar surface area (TPSA) is 52.6 Å². The first-order valence-electron chi connectivity index (χ1n) is 7.98. The number of rotatable bonds is 11. The van der Waals surface area contributed by atoms with Gasteiger partial charge in [-0.2, -0.15) is 0 Å². The molecule has 0 aromatic rings. The predicted molar refractivity (Wildman–Crippen MR) is 85.2 cm³/mol. The summed E-state index contributed by atoms with van der Waals surface area (Å²) in [5.41, 5.74) is -0.841. The summed E-state index contributed by atoms with van der Waals surface area (Å²) in [6, 6.07) is 0.632. The van der Waals surface area contributed by atoms with Crippen LogP contribution >= 0.6 is 0 Å². The SMILES string of the molecule is CCCCCN(CCC(C)(NC(C)C)C(=O)O)C(C)C. The lowest BCUT2D eigenvalue weighted by Crippen LogP contribution is -2.54. The van der Waals surface area contributed by atoms with Crippen molar-refractivity contribution in [2.75, 3.05) is 13.1 Å². The summed E-state index contributed by atoms with van der Waals surface area (Å²) in [6.45, 7) is 14.2. The molecule has 0 bridgehead atoms. The molecule has 4 heteroatoms. The van der Waals surface area contributed by atoms with E-state index >= 15 is 0 Å². The van der Waals surface area contributed by atoms with Crippen LogP contribution in [0.15, 0.2) is 0 Å². The second kappa shape index (κ2) is 9.35. The van der Waals surface area contributed by atoms with E-state index in [1.54, 1.807) is 6.92 Å². The van der Waals surface area contributed by atoms with Crippen LogP contribution < -0.4 is 5.32 Å². The number of unbranched alkanes of at least 4 members (excludes halogenated alkanes) is 2. The minimum absolute atomic E-state index is 0.170. The van der Waals surface area contributed by atoms with E-state index in [1.807, 2.05) is 13.8 Å². The van der Waals surface area contributed by atoms with Gasteiger partial charge in [-0.25, -0.2) is 0 Å². The van der Waals surface area contributed by atoms with E-state index in [4.69, 9.17) is 0 Å². The lowest BCUT2D eigenvalue weighted by atomic mass is 9.96. The number of hydrogen-bond donors (Lipinski definition) is 2. The maximum Gasteiger partial charge on any atom is 0.323 e. The standard InChI is InChI=1S/C16H34N2O2/c1-7-8-9-11-18(14(4)5)12-10-16(6,15(19)20)17-13(2)3/h13-14,17H,7-12H2,1-6H3,(H,19,20). The molecule has 0 radical (unpaired) electrons. The van der Waals surface area contributed by atoms with Gasteiger partial charge in [0.15, 0.2) is 0 Å². The third-order valence-electron chi connectivity index (χ3n) is 3.76. The van der Waals surface area contributed by atoms with Gasteiger partial charge in [0.05, 0.1) is 0 Å². The molecule has 2 N–H and O–H groups in total. The molecule has 0 aliphatic heterocycles. The molecule has 0 spiro atoms. The Morgan fingerprint density at radius 1 is 1.20 bits per heavy atom. The number of aliphatic carboxylic acids is 1. The second-order valence-electron chi connectivity index (χ2n) is 6.52. The predicted octanol–water partition coefficient (Wildman–Crippen LogP) is 3.12. The third-order valence-corrected chi connectivity index (χ3v) is 3.76. The summed E-state index contributed by atoms with van der Waals surface area (Å²) in [5, 5.41) is 12.7. The van der Waals surface area contributed by atoms with E-state index in [1.165, 1.54) is 19.3 Å². The number of nitrogens with one attached hydrogen (secondary N) is 1. The zero-order valence-corrected chi connectivity index (χ0v) is 14.2. The molecular formula is C16H34N2O2. The molecule has 120 valence electrons. The molecular weight excluding hydrogens is 252 g/mol. The number of carboxylic acid groups (broad SMARTS) is 1. The molecule has 1 unspecified atom stereocenters. The van der Waals surface area contributed by atoms with Gasteiger partial charge in [-0.3, -0.25) is 10.1 Å². The van der Waals surface area contributed by atoms with Gasteiger partial charge < -0.3 is 10.0 Å². The molecule has 0 aromatic carbocycles. The van der Waals surface area contributed by atoms with E-state index in [9.17, 15) is 9.90 Å². The Kier molecular flexibility index (Phi) is 9.06. The van der Waals surface area contributed by atoms with Crippen LogP contribution in [0.4, 0.5) is 0 Å². The van der Waals surface area contributed by atoms with Gasteiger partial charge in [0.25, 0.3) is 0 Å². The van der Waals surface area contributed by atoms with Crippen LogP contribution in [-0.2, 0) is 4.79 Å². The molecule has 4 nitrogen and oxygen atoms in total. The normalized spacial score (nSPS) is 15.1. The van der Waals surface area contributed by atoms with Crippen LogP contribution in [0.5, 0.6) is 0 Å². The van der Waals surface area contributed by atoms with Crippen LogP contribution in [0, 0.1) is 0 Å². The molecule has 0 amide bonds. The molecule has 0 saturated heterocycles. The Morgan fingerprint density at radius 2 is 1.80 bits per heavy atom. The lowest BCUT2D eigenvalue weighted by Gasteiger charge is -2.33. The average molecular weight is 286 g/mol. The summed E-state index contributed by atoms with van der Waals surface area (Å²) in [4.78, 5) is 13.9. The van der Waals surface area contributed by atoms with Gasteiger partial charge in [-0.05, 0) is 54.0 Å². The molecule has 0 heterocycles. The third kappa shape index (κ3) is 7.25. The minimum atomic E-state index is -0.841. The Hall–Kier alpha value is -0.610. The zero-order valence-electron chi connectivity index (χ0n) is 14.2. The highest BCUT2D eigenvalue weighted by atomic mass is 16.4. The maximum absolute atomic E-state index is 11.5. The van der Waals surface area contributed by atoms with Crippen molar-refractivity contribution in [2.45, 2.75) is 84.8 Å². The van der Waals surface area contributed by atoms with Crippen molar-refractivity contribution in [3.05, 3.63) is 0 Å². The Balaban J connectivity index is 4.51. The first-order chi connectivity index (χ1) is 9.23. The van der Waals surface area contributed by atoms with E-state index in [0.717, 1.165) is 13.1 Å². The van der Waals surface area contributed by atoms with Crippen LogP contribution in [-0.4, -0.2) is 46.7 Å². The first kappa shape index (κ1) is 19.4. The van der Waals surface area contributed by atoms with Gasteiger partial charge in [0, 0.05) is 18.6 Å². The fourth-order valence-electron chi connectivity index (χ4n) is 2.44. The highest BCUT2D eigenvalue weighted by Gasteiger charge is 2.33. The van der Waals surface area contributed by atoms with Crippen LogP contribution in [0.25, 0.3) is 0 Å². The smallest absolute Gasteiger partial charge is 0.323 e. The van der Waals surface area contributed by atoms with Crippen LogP contribution in [0.1, 0.15) is 67.2 Å². The summed E-state index contributed by atoms with van der Waals surface area (Å²) in [6.07, 6.45) is 4.28. The molecule has 1 atom stereocenters. The molecule has 0 saturated carbocycles. The van der Waals surface area contributed by atoms with Gasteiger partial charge in [-0.15, -0.1) is 0 Å². The molecule has 0 aliphatic carbocycles. The monoisotopic (exact) mass is 286 g/mol. The van der Waals surface area contributed by atoms with Gasteiger partial charge in [0.1, 0.15) is 5.54 Å². The van der Waals surface area contributed by atoms with Crippen molar-refractivity contribution >= 4 is 5.97 Å². The lowest BCUT2D eigenvalue weighted by molar-refractivity contribution is -0.145. The Morgan fingerprint density at radius 3 is 2.20 bits per heavy atom. The number of carboxylic acids is 1. The fraction of sp³-hybridized carbons (Fsp3) is 0.938. The molecule has 0 aromatic heterocycles. The number of carbonyl (C=O) groups is 1. The molecule has 0 fully saturated rings. The summed E-state index contributed by atoms with van der Waals surface area (Å²) < 4.78 is 0.